The van der Waals surface area contributed by atoms with Crippen molar-refractivity contribution in [3.8, 4) is 17.0 Å². The molecule has 0 bridgehead atoms. The van der Waals surface area contributed by atoms with Crippen molar-refractivity contribution < 1.29 is 14.3 Å². The highest BCUT2D eigenvalue weighted by Gasteiger charge is 2.27. The van der Waals surface area contributed by atoms with E-state index in [0.29, 0.717) is 38.7 Å². The molecule has 8 heteroatoms. The Morgan fingerprint density at radius 1 is 1.18 bits per heavy atom. The molecule has 1 aromatic heterocycles. The molecule has 1 saturated heterocycles. The molecule has 0 saturated carbocycles. The van der Waals surface area contributed by atoms with Gasteiger partial charge >= 0.3 is 6.09 Å². The fraction of sp³-hybridized carbons (Fsp3) is 0.500. The summed E-state index contributed by atoms with van der Waals surface area (Å²) >= 11 is 0. The van der Waals surface area contributed by atoms with E-state index in [9.17, 15) is 4.79 Å². The van der Waals surface area contributed by atoms with Gasteiger partial charge in [0, 0.05) is 38.2 Å². The fourth-order valence-electron chi connectivity index (χ4n) is 3.39. The second-order valence-electron chi connectivity index (χ2n) is 7.99. The molecule has 0 radical (unpaired) electrons. The van der Waals surface area contributed by atoms with Crippen molar-refractivity contribution in [1.29, 1.82) is 0 Å². The number of carbonyl (C=O) groups excluding carboxylic acids is 1. The molecule has 0 spiro atoms. The lowest BCUT2D eigenvalue weighted by Gasteiger charge is -2.35. The maximum atomic E-state index is 12.2. The summed E-state index contributed by atoms with van der Waals surface area (Å²) in [4.78, 5) is 20.7. The molecular weight excluding hydrogens is 358 g/mol. The third kappa shape index (κ3) is 3.85. The number of aromatic nitrogens is 3. The smallest absolute Gasteiger partial charge is 0.410 e. The van der Waals surface area contributed by atoms with Gasteiger partial charge in [0.2, 0.25) is 5.95 Å². The van der Waals surface area contributed by atoms with Gasteiger partial charge in [-0.25, -0.2) is 9.78 Å². The highest BCUT2D eigenvalue weighted by molar-refractivity contribution is 5.70. The number of anilines is 1. The number of hydrogen-bond acceptors (Lipinski definition) is 7. The number of benzene rings is 1. The topological polar surface area (TPSA) is 80.7 Å². The normalized spacial score (nSPS) is 16.5. The lowest BCUT2D eigenvalue weighted by Crippen LogP contribution is -2.50. The number of carbonyl (C=O) groups is 1. The van der Waals surface area contributed by atoms with Gasteiger partial charge < -0.3 is 19.3 Å². The van der Waals surface area contributed by atoms with Gasteiger partial charge in [0.1, 0.15) is 11.4 Å². The summed E-state index contributed by atoms with van der Waals surface area (Å²) in [5.41, 5.74) is 2.40. The zero-order valence-corrected chi connectivity index (χ0v) is 16.5. The first kappa shape index (κ1) is 18.5. The van der Waals surface area contributed by atoms with Gasteiger partial charge in [0.05, 0.1) is 18.5 Å². The van der Waals surface area contributed by atoms with Crippen LogP contribution in [0, 0.1) is 0 Å². The minimum absolute atomic E-state index is 0.281. The molecule has 0 aliphatic carbocycles. The van der Waals surface area contributed by atoms with Crippen LogP contribution in [0.4, 0.5) is 10.7 Å². The average Bonchev–Trinajstić information content (AvgIpc) is 3.16. The molecule has 28 heavy (non-hydrogen) atoms. The first-order chi connectivity index (χ1) is 13.4. The van der Waals surface area contributed by atoms with Crippen molar-refractivity contribution in [1.82, 2.24) is 20.1 Å². The minimum Gasteiger partial charge on any atom is -0.492 e. The molecular formula is C20H25N5O3. The van der Waals surface area contributed by atoms with Gasteiger partial charge in [-0.15, -0.1) is 5.10 Å². The van der Waals surface area contributed by atoms with Gasteiger partial charge in [0.15, 0.2) is 0 Å². The van der Waals surface area contributed by atoms with Crippen molar-refractivity contribution in [2.75, 3.05) is 37.7 Å². The number of rotatable bonds is 2. The molecule has 2 aromatic rings. The van der Waals surface area contributed by atoms with Crippen molar-refractivity contribution in [2.24, 2.45) is 0 Å². The SMILES string of the molecule is CC(C)(C)OC(=O)N1CCN(c2nncc(-c3cccc4c3OCC4)n2)CC1. The number of piperazine rings is 1. The molecule has 0 unspecified atom stereocenters. The van der Waals surface area contributed by atoms with Gasteiger partial charge in [-0.3, -0.25) is 0 Å². The molecule has 8 nitrogen and oxygen atoms in total. The van der Waals surface area contributed by atoms with Crippen LogP contribution in [0.5, 0.6) is 5.75 Å². The van der Waals surface area contributed by atoms with Crippen molar-refractivity contribution in [3.05, 3.63) is 30.0 Å². The molecule has 4 rings (SSSR count). The lowest BCUT2D eigenvalue weighted by atomic mass is 10.1. The summed E-state index contributed by atoms with van der Waals surface area (Å²) in [6.07, 6.45) is 2.30. The molecule has 2 aliphatic heterocycles. The van der Waals surface area contributed by atoms with Gasteiger partial charge in [-0.1, -0.05) is 12.1 Å². The van der Waals surface area contributed by atoms with Crippen LogP contribution in [0.2, 0.25) is 0 Å². The Hall–Kier alpha value is -2.90. The molecule has 2 aliphatic rings. The standard InChI is InChI=1S/C20H25N5O3/c1-20(2,3)28-19(26)25-10-8-24(9-11-25)18-22-16(13-21-23-18)15-6-4-5-14-7-12-27-17(14)15/h4-6,13H,7-12H2,1-3H3. The Bertz CT molecular complexity index is 872. The third-order valence-corrected chi connectivity index (χ3v) is 4.75. The van der Waals surface area contributed by atoms with Crippen LogP contribution in [0.3, 0.4) is 0 Å². The average molecular weight is 383 g/mol. The monoisotopic (exact) mass is 383 g/mol. The van der Waals surface area contributed by atoms with E-state index in [2.05, 4.69) is 16.3 Å². The predicted octanol–water partition coefficient (Wildman–Crippen LogP) is 2.53. The van der Waals surface area contributed by atoms with E-state index in [4.69, 9.17) is 14.5 Å². The summed E-state index contributed by atoms with van der Waals surface area (Å²) in [6, 6.07) is 6.10. The highest BCUT2D eigenvalue weighted by Crippen LogP contribution is 2.35. The van der Waals surface area contributed by atoms with E-state index in [1.165, 1.54) is 5.56 Å². The van der Waals surface area contributed by atoms with Crippen LogP contribution < -0.4 is 9.64 Å². The van der Waals surface area contributed by atoms with E-state index in [-0.39, 0.29) is 6.09 Å². The molecule has 1 amide bonds. The first-order valence-corrected chi connectivity index (χ1v) is 9.58. The summed E-state index contributed by atoms with van der Waals surface area (Å²) in [5, 5.41) is 8.35. The van der Waals surface area contributed by atoms with Crippen molar-refractivity contribution in [2.45, 2.75) is 32.8 Å². The Morgan fingerprint density at radius 2 is 1.96 bits per heavy atom. The summed E-state index contributed by atoms with van der Waals surface area (Å²) < 4.78 is 11.2. The Labute approximate surface area is 164 Å². The Kier molecular flexibility index (Phi) is 4.78. The van der Waals surface area contributed by atoms with Gasteiger partial charge in [0.25, 0.3) is 0 Å². The number of nitrogens with zero attached hydrogens (tertiary/aromatic N) is 5. The Balaban J connectivity index is 1.47. The molecule has 148 valence electrons. The van der Waals surface area contributed by atoms with Gasteiger partial charge in [-0.2, -0.15) is 5.10 Å². The zero-order chi connectivity index (χ0) is 19.7. The molecule has 3 heterocycles. The number of ether oxygens (including phenoxy) is 2. The van der Waals surface area contributed by atoms with Crippen LogP contribution in [0.1, 0.15) is 26.3 Å². The second-order valence-corrected chi connectivity index (χ2v) is 7.99. The first-order valence-electron chi connectivity index (χ1n) is 9.58. The molecule has 0 N–H and O–H groups in total. The summed E-state index contributed by atoms with van der Waals surface area (Å²) in [7, 11) is 0. The quantitative estimate of drug-likeness (QED) is 0.788. The highest BCUT2D eigenvalue weighted by atomic mass is 16.6. The predicted molar refractivity (Wildman–Crippen MR) is 104 cm³/mol. The van der Waals surface area contributed by atoms with E-state index in [1.807, 2.05) is 37.8 Å². The van der Waals surface area contributed by atoms with E-state index in [1.54, 1.807) is 11.1 Å². The third-order valence-electron chi connectivity index (χ3n) is 4.75. The second kappa shape index (κ2) is 7.26. The maximum absolute atomic E-state index is 12.2. The van der Waals surface area contributed by atoms with Crippen LogP contribution in [0.25, 0.3) is 11.3 Å². The lowest BCUT2D eigenvalue weighted by molar-refractivity contribution is 0.0240. The zero-order valence-electron chi connectivity index (χ0n) is 16.5. The number of amides is 1. The Morgan fingerprint density at radius 3 is 2.71 bits per heavy atom. The number of hydrogen-bond donors (Lipinski definition) is 0. The number of para-hydroxylation sites is 1. The minimum atomic E-state index is -0.492. The summed E-state index contributed by atoms with van der Waals surface area (Å²) in [5.74, 6) is 1.46. The molecule has 0 atom stereocenters. The van der Waals surface area contributed by atoms with Crippen LogP contribution in [0.15, 0.2) is 24.4 Å². The van der Waals surface area contributed by atoms with Crippen LogP contribution in [-0.2, 0) is 11.2 Å². The van der Waals surface area contributed by atoms with Crippen LogP contribution >= 0.6 is 0 Å². The van der Waals surface area contributed by atoms with E-state index >= 15 is 0 Å². The number of fused-ring (bicyclic) bond motifs is 1. The largest absolute Gasteiger partial charge is 0.492 e. The molecule has 1 fully saturated rings. The van der Waals surface area contributed by atoms with Crippen LogP contribution in [-0.4, -0.2) is 64.6 Å². The molecule has 1 aromatic carbocycles. The van der Waals surface area contributed by atoms with E-state index < -0.39 is 5.60 Å². The van der Waals surface area contributed by atoms with Gasteiger partial charge in [-0.05, 0) is 32.4 Å². The maximum Gasteiger partial charge on any atom is 0.410 e. The van der Waals surface area contributed by atoms with Crippen molar-refractivity contribution in [3.63, 3.8) is 0 Å². The summed E-state index contributed by atoms with van der Waals surface area (Å²) in [6.45, 7) is 8.70. The van der Waals surface area contributed by atoms with Crippen molar-refractivity contribution >= 4 is 12.0 Å². The van der Waals surface area contributed by atoms with E-state index in [0.717, 1.165) is 23.4 Å². The fourth-order valence-corrected chi connectivity index (χ4v) is 3.39.